The van der Waals surface area contributed by atoms with E-state index in [0.29, 0.717) is 16.3 Å². The number of hydrogen-bond acceptors (Lipinski definition) is 4. The molecule has 0 bridgehead atoms. The molecule has 2 aromatic carbocycles. The van der Waals surface area contributed by atoms with E-state index in [1.54, 1.807) is 42.5 Å². The van der Waals surface area contributed by atoms with Crippen molar-refractivity contribution in [1.29, 1.82) is 0 Å². The second kappa shape index (κ2) is 9.01. The number of aryl methyl sites for hydroxylation is 1. The van der Waals surface area contributed by atoms with E-state index in [-0.39, 0.29) is 6.54 Å². The average molecular weight is 375 g/mol. The molecular weight excluding hydrogens is 356 g/mol. The van der Waals surface area contributed by atoms with Crippen LogP contribution in [0, 0.1) is 6.92 Å². The molecule has 0 heterocycles. The highest BCUT2D eigenvalue weighted by atomic mass is 35.5. The third kappa shape index (κ3) is 5.60. The van der Waals surface area contributed by atoms with Gasteiger partial charge in [0.05, 0.1) is 22.8 Å². The Morgan fingerprint density at radius 2 is 1.85 bits per heavy atom. The molecule has 136 valence electrons. The number of ether oxygens (including phenoxy) is 1. The fourth-order valence-corrected chi connectivity index (χ4v) is 2.33. The minimum Gasteiger partial charge on any atom is -0.452 e. The summed E-state index contributed by atoms with van der Waals surface area (Å²) < 4.78 is 5.00. The summed E-state index contributed by atoms with van der Waals surface area (Å²) in [6.07, 6.45) is 0. The molecule has 2 aromatic rings. The van der Waals surface area contributed by atoms with Gasteiger partial charge in [0, 0.05) is 7.05 Å². The summed E-state index contributed by atoms with van der Waals surface area (Å²) in [5.74, 6) is -1.48. The van der Waals surface area contributed by atoms with Crippen LogP contribution in [-0.4, -0.2) is 42.9 Å². The van der Waals surface area contributed by atoms with Gasteiger partial charge in [-0.25, -0.2) is 4.79 Å². The van der Waals surface area contributed by atoms with Crippen molar-refractivity contribution in [2.75, 3.05) is 25.5 Å². The molecular formula is C19H19ClN2O4. The van der Waals surface area contributed by atoms with Gasteiger partial charge in [0.25, 0.3) is 5.91 Å². The van der Waals surface area contributed by atoms with Gasteiger partial charge in [-0.3, -0.25) is 9.59 Å². The van der Waals surface area contributed by atoms with Crippen molar-refractivity contribution in [2.45, 2.75) is 6.92 Å². The number of rotatable bonds is 6. The highest BCUT2D eigenvalue weighted by molar-refractivity contribution is 6.33. The second-order valence-electron chi connectivity index (χ2n) is 5.72. The molecule has 2 rings (SSSR count). The van der Waals surface area contributed by atoms with Crippen LogP contribution in [0.2, 0.25) is 5.02 Å². The number of benzene rings is 2. The maximum Gasteiger partial charge on any atom is 0.338 e. The lowest BCUT2D eigenvalue weighted by atomic mass is 10.1. The number of carbonyl (C=O) groups is 3. The molecule has 2 amide bonds. The monoisotopic (exact) mass is 374 g/mol. The largest absolute Gasteiger partial charge is 0.452 e. The Hall–Kier alpha value is -2.86. The molecule has 6 nitrogen and oxygen atoms in total. The van der Waals surface area contributed by atoms with Crippen LogP contribution in [0.25, 0.3) is 0 Å². The van der Waals surface area contributed by atoms with Gasteiger partial charge < -0.3 is 15.0 Å². The van der Waals surface area contributed by atoms with E-state index in [2.05, 4.69) is 5.32 Å². The smallest absolute Gasteiger partial charge is 0.338 e. The third-order valence-electron chi connectivity index (χ3n) is 3.53. The quantitative estimate of drug-likeness (QED) is 0.789. The van der Waals surface area contributed by atoms with Gasteiger partial charge in [-0.2, -0.15) is 0 Å². The molecule has 0 saturated carbocycles. The van der Waals surface area contributed by atoms with E-state index in [4.69, 9.17) is 16.3 Å². The summed E-state index contributed by atoms with van der Waals surface area (Å²) in [5.41, 5.74) is 1.75. The molecule has 0 atom stereocenters. The number of esters is 1. The number of halogens is 1. The Morgan fingerprint density at radius 3 is 2.54 bits per heavy atom. The van der Waals surface area contributed by atoms with Crippen molar-refractivity contribution in [3.8, 4) is 0 Å². The lowest BCUT2D eigenvalue weighted by Gasteiger charge is -2.17. The summed E-state index contributed by atoms with van der Waals surface area (Å²) in [6, 6.07) is 13.7. The molecule has 0 aromatic heterocycles. The van der Waals surface area contributed by atoms with Gasteiger partial charge in [0.15, 0.2) is 6.61 Å². The summed E-state index contributed by atoms with van der Waals surface area (Å²) in [5, 5.41) is 3.02. The zero-order valence-electron chi connectivity index (χ0n) is 14.5. The Balaban J connectivity index is 1.82. The topological polar surface area (TPSA) is 75.7 Å². The first-order valence-electron chi connectivity index (χ1n) is 7.89. The average Bonchev–Trinajstić information content (AvgIpc) is 2.61. The first-order chi connectivity index (χ1) is 12.4. The van der Waals surface area contributed by atoms with Crippen LogP contribution in [0.15, 0.2) is 48.5 Å². The molecule has 26 heavy (non-hydrogen) atoms. The number of amides is 2. The summed E-state index contributed by atoms with van der Waals surface area (Å²) >= 11 is 5.97. The zero-order chi connectivity index (χ0) is 19.1. The van der Waals surface area contributed by atoms with E-state index in [1.807, 2.05) is 13.0 Å². The van der Waals surface area contributed by atoms with E-state index in [0.717, 1.165) is 5.56 Å². The van der Waals surface area contributed by atoms with Gasteiger partial charge in [0.1, 0.15) is 0 Å². The second-order valence-corrected chi connectivity index (χ2v) is 6.13. The summed E-state index contributed by atoms with van der Waals surface area (Å²) in [4.78, 5) is 37.2. The lowest BCUT2D eigenvalue weighted by molar-refractivity contribution is -0.136. The predicted octanol–water partition coefficient (Wildman–Crippen LogP) is 2.90. The van der Waals surface area contributed by atoms with Crippen LogP contribution in [0.3, 0.4) is 0 Å². The van der Waals surface area contributed by atoms with Gasteiger partial charge in [-0.1, -0.05) is 41.4 Å². The Morgan fingerprint density at radius 1 is 1.12 bits per heavy atom. The van der Waals surface area contributed by atoms with Crippen molar-refractivity contribution in [2.24, 2.45) is 0 Å². The van der Waals surface area contributed by atoms with Crippen molar-refractivity contribution in [3.63, 3.8) is 0 Å². The molecule has 0 saturated heterocycles. The van der Waals surface area contributed by atoms with Crippen LogP contribution in [-0.2, 0) is 14.3 Å². The Labute approximate surface area is 156 Å². The molecule has 7 heteroatoms. The first kappa shape index (κ1) is 19.5. The van der Waals surface area contributed by atoms with Crippen molar-refractivity contribution in [1.82, 2.24) is 4.90 Å². The number of nitrogens with zero attached hydrogens (tertiary/aromatic N) is 1. The van der Waals surface area contributed by atoms with Crippen LogP contribution >= 0.6 is 11.6 Å². The van der Waals surface area contributed by atoms with Crippen LogP contribution in [0.1, 0.15) is 15.9 Å². The maximum absolute atomic E-state index is 12.0. The third-order valence-corrected chi connectivity index (χ3v) is 3.86. The number of para-hydroxylation sites is 1. The van der Waals surface area contributed by atoms with Crippen LogP contribution in [0.5, 0.6) is 0 Å². The normalized spacial score (nSPS) is 10.1. The molecule has 1 N–H and O–H groups in total. The van der Waals surface area contributed by atoms with Crippen LogP contribution < -0.4 is 5.32 Å². The minimum atomic E-state index is -0.587. The molecule has 0 spiro atoms. The Kier molecular flexibility index (Phi) is 6.74. The number of hydrogen-bond donors (Lipinski definition) is 1. The number of likely N-dealkylation sites (N-methyl/N-ethyl adjacent to an activating group) is 1. The van der Waals surface area contributed by atoms with E-state index in [9.17, 15) is 14.4 Å². The van der Waals surface area contributed by atoms with E-state index in [1.165, 1.54) is 11.9 Å². The standard InChI is InChI=1S/C19H19ClN2O4/c1-13-6-5-7-14(10-13)19(25)26-12-18(24)22(2)11-17(23)21-16-9-4-3-8-15(16)20/h3-10H,11-12H2,1-2H3,(H,21,23). The SMILES string of the molecule is Cc1cccc(C(=O)OCC(=O)N(C)CC(=O)Nc2ccccc2Cl)c1. The highest BCUT2D eigenvalue weighted by Crippen LogP contribution is 2.20. The molecule has 0 aliphatic heterocycles. The predicted molar refractivity (Wildman–Crippen MR) is 99.2 cm³/mol. The van der Waals surface area contributed by atoms with Gasteiger partial charge in [-0.05, 0) is 31.2 Å². The number of nitrogens with one attached hydrogen (secondary N) is 1. The first-order valence-corrected chi connectivity index (χ1v) is 8.26. The fraction of sp³-hybridized carbons (Fsp3) is 0.211. The molecule has 0 radical (unpaired) electrons. The van der Waals surface area contributed by atoms with E-state index >= 15 is 0 Å². The maximum atomic E-state index is 12.0. The summed E-state index contributed by atoms with van der Waals surface area (Å²) in [7, 11) is 1.45. The highest BCUT2D eigenvalue weighted by Gasteiger charge is 2.16. The van der Waals surface area contributed by atoms with Gasteiger partial charge in [0.2, 0.25) is 5.91 Å². The molecule has 0 aliphatic rings. The summed E-state index contributed by atoms with van der Waals surface area (Å²) in [6.45, 7) is 1.22. The van der Waals surface area contributed by atoms with Gasteiger partial charge >= 0.3 is 5.97 Å². The Bertz CT molecular complexity index is 823. The molecule has 0 fully saturated rings. The zero-order valence-corrected chi connectivity index (χ0v) is 15.2. The number of carbonyl (C=O) groups excluding carboxylic acids is 3. The van der Waals surface area contributed by atoms with Crippen molar-refractivity contribution < 1.29 is 19.1 Å². The lowest BCUT2D eigenvalue weighted by Crippen LogP contribution is -2.37. The van der Waals surface area contributed by atoms with Crippen molar-refractivity contribution in [3.05, 3.63) is 64.7 Å². The van der Waals surface area contributed by atoms with E-state index < -0.39 is 24.4 Å². The molecule has 0 aliphatic carbocycles. The molecule has 0 unspecified atom stereocenters. The number of anilines is 1. The minimum absolute atomic E-state index is 0.188. The van der Waals surface area contributed by atoms with Crippen molar-refractivity contribution >= 4 is 35.1 Å². The van der Waals surface area contributed by atoms with Gasteiger partial charge in [-0.15, -0.1) is 0 Å². The van der Waals surface area contributed by atoms with Crippen LogP contribution in [0.4, 0.5) is 5.69 Å². The fourth-order valence-electron chi connectivity index (χ4n) is 2.15.